The van der Waals surface area contributed by atoms with E-state index in [1.807, 2.05) is 6.92 Å². The third kappa shape index (κ3) is 3.57. The number of nitrogens with zero attached hydrogens (tertiary/aromatic N) is 1. The Morgan fingerprint density at radius 1 is 1.33 bits per heavy atom. The highest BCUT2D eigenvalue weighted by molar-refractivity contribution is 5.50. The summed E-state index contributed by atoms with van der Waals surface area (Å²) >= 11 is 0. The van der Waals surface area contributed by atoms with Crippen LogP contribution in [-0.4, -0.2) is 27.2 Å². The molecule has 0 bridgehead atoms. The van der Waals surface area contributed by atoms with Crippen molar-refractivity contribution in [2.75, 3.05) is 32.1 Å². The molecular formula is C13H20F2N2O. The molecule has 18 heavy (non-hydrogen) atoms. The van der Waals surface area contributed by atoms with Gasteiger partial charge in [0, 0.05) is 25.7 Å². The van der Waals surface area contributed by atoms with Gasteiger partial charge in [-0.15, -0.1) is 0 Å². The van der Waals surface area contributed by atoms with E-state index in [2.05, 4.69) is 0 Å². The summed E-state index contributed by atoms with van der Waals surface area (Å²) < 4.78 is 32.1. The molecule has 0 amide bonds. The number of nitrogens with two attached hydrogens (primary N) is 1. The predicted molar refractivity (Wildman–Crippen MR) is 69.0 cm³/mol. The number of hydrogen-bond donors (Lipinski definition) is 1. The summed E-state index contributed by atoms with van der Waals surface area (Å²) in [6, 6.07) is 2.22. The molecule has 0 aliphatic rings. The fourth-order valence-corrected chi connectivity index (χ4v) is 1.91. The molecule has 1 unspecified atom stereocenters. The van der Waals surface area contributed by atoms with Crippen LogP contribution in [0.3, 0.4) is 0 Å². The van der Waals surface area contributed by atoms with E-state index in [1.165, 1.54) is 7.11 Å². The smallest absolute Gasteiger partial charge is 0.167 e. The van der Waals surface area contributed by atoms with Crippen molar-refractivity contribution in [3.05, 3.63) is 23.8 Å². The molecule has 3 nitrogen and oxygen atoms in total. The van der Waals surface area contributed by atoms with E-state index in [4.69, 9.17) is 10.5 Å². The molecule has 2 N–H and O–H groups in total. The Kier molecular flexibility index (Phi) is 5.34. The van der Waals surface area contributed by atoms with Crippen LogP contribution in [0.2, 0.25) is 0 Å². The number of anilines is 1. The van der Waals surface area contributed by atoms with Gasteiger partial charge in [-0.3, -0.25) is 0 Å². The second-order valence-corrected chi connectivity index (χ2v) is 4.50. The summed E-state index contributed by atoms with van der Waals surface area (Å²) in [4.78, 5) is 1.69. The summed E-state index contributed by atoms with van der Waals surface area (Å²) in [7, 11) is 3.04. The van der Waals surface area contributed by atoms with Crippen molar-refractivity contribution < 1.29 is 13.5 Å². The maximum Gasteiger partial charge on any atom is 0.167 e. The average Bonchev–Trinajstić information content (AvgIpc) is 2.31. The molecular weight excluding hydrogens is 238 g/mol. The zero-order valence-corrected chi connectivity index (χ0v) is 11.0. The zero-order valence-electron chi connectivity index (χ0n) is 11.0. The Labute approximate surface area is 107 Å². The van der Waals surface area contributed by atoms with Gasteiger partial charge in [-0.2, -0.15) is 0 Å². The van der Waals surface area contributed by atoms with Gasteiger partial charge in [0.05, 0.1) is 12.8 Å². The van der Waals surface area contributed by atoms with Crippen molar-refractivity contribution in [2.24, 2.45) is 11.7 Å². The van der Waals surface area contributed by atoms with Crippen molar-refractivity contribution in [3.63, 3.8) is 0 Å². The first-order chi connectivity index (χ1) is 8.49. The van der Waals surface area contributed by atoms with Crippen LogP contribution in [0.4, 0.5) is 14.5 Å². The lowest BCUT2D eigenvalue weighted by molar-refractivity contribution is 0.382. The molecule has 1 aromatic carbocycles. The number of halogens is 2. The molecule has 102 valence electrons. The number of methoxy groups -OCH3 is 1. The fourth-order valence-electron chi connectivity index (χ4n) is 1.91. The van der Waals surface area contributed by atoms with E-state index in [-0.39, 0.29) is 11.4 Å². The Hall–Kier alpha value is -1.36. The minimum Gasteiger partial charge on any atom is -0.494 e. The number of ether oxygens (including phenoxy) is 1. The molecule has 0 saturated heterocycles. The average molecular weight is 258 g/mol. The van der Waals surface area contributed by atoms with Gasteiger partial charge < -0.3 is 15.4 Å². The highest BCUT2D eigenvalue weighted by atomic mass is 19.1. The van der Waals surface area contributed by atoms with Crippen molar-refractivity contribution >= 4 is 5.69 Å². The molecule has 0 saturated carbocycles. The van der Waals surface area contributed by atoms with Crippen LogP contribution in [0.1, 0.15) is 13.3 Å². The van der Waals surface area contributed by atoms with E-state index >= 15 is 0 Å². The molecule has 0 aliphatic carbocycles. The van der Waals surface area contributed by atoms with Gasteiger partial charge in [-0.1, -0.05) is 6.92 Å². The Balaban J connectivity index is 2.85. The lowest BCUT2D eigenvalue weighted by Gasteiger charge is -2.24. The third-order valence-corrected chi connectivity index (χ3v) is 2.88. The van der Waals surface area contributed by atoms with E-state index in [0.29, 0.717) is 19.0 Å². The van der Waals surface area contributed by atoms with Crippen LogP contribution in [0, 0.1) is 17.6 Å². The summed E-state index contributed by atoms with van der Waals surface area (Å²) in [5, 5.41) is 0. The summed E-state index contributed by atoms with van der Waals surface area (Å²) in [6.45, 7) is 3.25. The van der Waals surface area contributed by atoms with Gasteiger partial charge in [0.1, 0.15) is 5.82 Å². The molecule has 0 heterocycles. The largest absolute Gasteiger partial charge is 0.494 e. The summed E-state index contributed by atoms with van der Waals surface area (Å²) in [5.41, 5.74) is 5.70. The van der Waals surface area contributed by atoms with Crippen molar-refractivity contribution in [3.8, 4) is 5.75 Å². The zero-order chi connectivity index (χ0) is 13.7. The van der Waals surface area contributed by atoms with Crippen LogP contribution >= 0.6 is 0 Å². The SMILES string of the molecule is COc1cc(F)c(N(C)CC(C)CCN)cc1F. The van der Waals surface area contributed by atoms with E-state index < -0.39 is 11.6 Å². The van der Waals surface area contributed by atoms with Gasteiger partial charge in [-0.25, -0.2) is 8.78 Å². The third-order valence-electron chi connectivity index (χ3n) is 2.88. The van der Waals surface area contributed by atoms with Gasteiger partial charge in [0.25, 0.3) is 0 Å². The lowest BCUT2D eigenvalue weighted by atomic mass is 10.1. The molecule has 1 aromatic rings. The quantitative estimate of drug-likeness (QED) is 0.851. The first-order valence-electron chi connectivity index (χ1n) is 5.93. The van der Waals surface area contributed by atoms with Crippen LogP contribution < -0.4 is 15.4 Å². The maximum absolute atomic E-state index is 13.8. The highest BCUT2D eigenvalue weighted by Crippen LogP contribution is 2.27. The molecule has 1 rings (SSSR count). The molecule has 0 aliphatic heterocycles. The summed E-state index contributed by atoms with van der Waals surface area (Å²) in [6.07, 6.45) is 0.852. The van der Waals surface area contributed by atoms with E-state index in [9.17, 15) is 8.78 Å². The van der Waals surface area contributed by atoms with Crippen LogP contribution in [0.15, 0.2) is 12.1 Å². The highest BCUT2D eigenvalue weighted by Gasteiger charge is 2.15. The van der Waals surface area contributed by atoms with Gasteiger partial charge in [-0.05, 0) is 18.9 Å². The van der Waals surface area contributed by atoms with Crippen molar-refractivity contribution in [2.45, 2.75) is 13.3 Å². The maximum atomic E-state index is 13.8. The number of benzene rings is 1. The predicted octanol–water partition coefficient (Wildman–Crippen LogP) is 2.39. The van der Waals surface area contributed by atoms with Crippen molar-refractivity contribution in [1.29, 1.82) is 0 Å². The fraction of sp³-hybridized carbons (Fsp3) is 0.538. The number of rotatable bonds is 6. The Morgan fingerprint density at radius 3 is 2.56 bits per heavy atom. The molecule has 5 heteroatoms. The van der Waals surface area contributed by atoms with Gasteiger partial charge in [0.15, 0.2) is 11.6 Å². The van der Waals surface area contributed by atoms with Gasteiger partial charge in [0.2, 0.25) is 0 Å². The van der Waals surface area contributed by atoms with Crippen molar-refractivity contribution in [1.82, 2.24) is 0 Å². The Morgan fingerprint density at radius 2 is 2.00 bits per heavy atom. The Bertz CT molecular complexity index is 399. The second-order valence-electron chi connectivity index (χ2n) is 4.50. The first-order valence-corrected chi connectivity index (χ1v) is 5.93. The molecule has 0 radical (unpaired) electrons. The standard InChI is InChI=1S/C13H20F2N2O/c1-9(4-5-16)8-17(2)12-6-11(15)13(18-3)7-10(12)14/h6-7,9H,4-5,8,16H2,1-3H3. The van der Waals surface area contributed by atoms with E-state index in [1.54, 1.807) is 11.9 Å². The normalized spacial score (nSPS) is 12.3. The monoisotopic (exact) mass is 258 g/mol. The molecule has 1 atom stereocenters. The lowest BCUT2D eigenvalue weighted by Crippen LogP contribution is -2.26. The van der Waals surface area contributed by atoms with Crippen LogP contribution in [-0.2, 0) is 0 Å². The van der Waals surface area contributed by atoms with E-state index in [0.717, 1.165) is 18.6 Å². The first kappa shape index (κ1) is 14.7. The minimum absolute atomic E-state index is 0.0837. The molecule has 0 fully saturated rings. The van der Waals surface area contributed by atoms with Crippen LogP contribution in [0.25, 0.3) is 0 Å². The molecule has 0 spiro atoms. The number of hydrogen-bond acceptors (Lipinski definition) is 3. The minimum atomic E-state index is -0.563. The second kappa shape index (κ2) is 6.54. The summed E-state index contributed by atoms with van der Waals surface area (Å²) in [5.74, 6) is -0.813. The molecule has 0 aromatic heterocycles. The van der Waals surface area contributed by atoms with Gasteiger partial charge >= 0.3 is 0 Å². The van der Waals surface area contributed by atoms with Crippen LogP contribution in [0.5, 0.6) is 5.75 Å². The topological polar surface area (TPSA) is 38.5 Å².